The number of rotatable bonds is 4. The van der Waals surface area contributed by atoms with E-state index in [9.17, 15) is 9.59 Å². The van der Waals surface area contributed by atoms with Crippen LogP contribution in [0.5, 0.6) is 0 Å². The molecule has 0 saturated heterocycles. The second kappa shape index (κ2) is 8.04. The Morgan fingerprint density at radius 2 is 1.83 bits per heavy atom. The maximum absolute atomic E-state index is 13.0. The number of carbonyl (C=O) groups excluding carboxylic acids is 2. The van der Waals surface area contributed by atoms with E-state index < -0.39 is 0 Å². The van der Waals surface area contributed by atoms with Crippen LogP contribution in [0.25, 0.3) is 5.70 Å². The molecule has 4 rings (SSSR count). The van der Waals surface area contributed by atoms with Crippen molar-refractivity contribution in [1.82, 2.24) is 10.3 Å². The number of nitrogens with one attached hydrogen (secondary N) is 2. The van der Waals surface area contributed by atoms with E-state index in [4.69, 9.17) is 11.6 Å². The highest BCUT2D eigenvalue weighted by molar-refractivity contribution is 6.47. The zero-order valence-electron chi connectivity index (χ0n) is 16.5. The third-order valence-corrected chi connectivity index (χ3v) is 5.04. The van der Waals surface area contributed by atoms with Crippen LogP contribution in [0, 0.1) is 0 Å². The molecular weight excluding hydrogens is 402 g/mol. The molecule has 2 amide bonds. The van der Waals surface area contributed by atoms with Gasteiger partial charge in [-0.1, -0.05) is 23.7 Å². The van der Waals surface area contributed by atoms with Crippen molar-refractivity contribution < 1.29 is 9.59 Å². The minimum absolute atomic E-state index is 0.122. The maximum Gasteiger partial charge on any atom is 0.278 e. The number of hydrogen-bond donors (Lipinski definition) is 2. The highest BCUT2D eigenvalue weighted by Gasteiger charge is 2.30. The predicted molar refractivity (Wildman–Crippen MR) is 119 cm³/mol. The van der Waals surface area contributed by atoms with Gasteiger partial charge in [0, 0.05) is 42.1 Å². The lowest BCUT2D eigenvalue weighted by atomic mass is 10.1. The molecule has 8 heteroatoms. The number of carbonyl (C=O) groups is 2. The fraction of sp³-hybridized carbons (Fsp3) is 0.136. The Labute approximate surface area is 179 Å². The summed E-state index contributed by atoms with van der Waals surface area (Å²) in [5.74, 6) is -0.345. The van der Waals surface area contributed by atoms with Crippen molar-refractivity contribution in [2.45, 2.75) is 13.1 Å². The zero-order valence-corrected chi connectivity index (χ0v) is 17.2. The number of hydrazone groups is 1. The fourth-order valence-electron chi connectivity index (χ4n) is 3.25. The number of benzene rings is 2. The van der Waals surface area contributed by atoms with E-state index in [0.717, 1.165) is 22.6 Å². The van der Waals surface area contributed by atoms with E-state index in [1.165, 1.54) is 11.8 Å². The molecule has 0 aromatic heterocycles. The third kappa shape index (κ3) is 3.92. The van der Waals surface area contributed by atoms with E-state index in [1.807, 2.05) is 36.5 Å². The number of fused-ring (bicyclic) bond motifs is 1. The summed E-state index contributed by atoms with van der Waals surface area (Å²) in [6, 6.07) is 14.5. The molecule has 0 radical (unpaired) electrons. The second-order valence-electron chi connectivity index (χ2n) is 6.93. The van der Waals surface area contributed by atoms with E-state index >= 15 is 0 Å². The van der Waals surface area contributed by atoms with Crippen molar-refractivity contribution in [2.24, 2.45) is 5.10 Å². The van der Waals surface area contributed by atoms with Gasteiger partial charge in [-0.25, -0.2) is 5.01 Å². The Morgan fingerprint density at radius 1 is 1.13 bits per heavy atom. The van der Waals surface area contributed by atoms with Gasteiger partial charge in [-0.2, -0.15) is 5.10 Å². The van der Waals surface area contributed by atoms with E-state index in [1.54, 1.807) is 42.4 Å². The van der Waals surface area contributed by atoms with Gasteiger partial charge >= 0.3 is 0 Å². The SMILES string of the molecule is CC(=O)Nc1ccc(C2=CNC3C=CC(C(=O)N(C)c4ccc(Cl)cc4)=NN23)cc1. The van der Waals surface area contributed by atoms with Gasteiger partial charge < -0.3 is 15.5 Å². The van der Waals surface area contributed by atoms with Gasteiger partial charge in [0.05, 0.1) is 5.70 Å². The van der Waals surface area contributed by atoms with E-state index in [2.05, 4.69) is 15.7 Å². The van der Waals surface area contributed by atoms with Gasteiger partial charge in [0.25, 0.3) is 5.91 Å². The van der Waals surface area contributed by atoms with Crippen molar-refractivity contribution in [1.29, 1.82) is 0 Å². The van der Waals surface area contributed by atoms with Gasteiger partial charge in [0.1, 0.15) is 11.9 Å². The molecule has 7 nitrogen and oxygen atoms in total. The number of anilines is 2. The number of amides is 2. The van der Waals surface area contributed by atoms with E-state index in [-0.39, 0.29) is 18.0 Å². The first-order valence-electron chi connectivity index (χ1n) is 9.36. The van der Waals surface area contributed by atoms with Crippen molar-refractivity contribution in [2.75, 3.05) is 17.3 Å². The summed E-state index contributed by atoms with van der Waals surface area (Å²) in [6.45, 7) is 1.47. The average molecular weight is 422 g/mol. The first-order valence-corrected chi connectivity index (χ1v) is 9.74. The van der Waals surface area contributed by atoms with E-state index in [0.29, 0.717) is 10.7 Å². The highest BCUT2D eigenvalue weighted by Crippen LogP contribution is 2.29. The van der Waals surface area contributed by atoms with Crippen LogP contribution in [0.2, 0.25) is 5.02 Å². The molecule has 1 atom stereocenters. The Kier molecular flexibility index (Phi) is 5.29. The molecule has 2 aliphatic heterocycles. The van der Waals surface area contributed by atoms with Crippen LogP contribution in [0.15, 0.2) is 72.0 Å². The highest BCUT2D eigenvalue weighted by atomic mass is 35.5. The predicted octanol–water partition coefficient (Wildman–Crippen LogP) is 3.42. The molecule has 2 aromatic carbocycles. The zero-order chi connectivity index (χ0) is 21.3. The normalized spacial score (nSPS) is 16.9. The Hall–Kier alpha value is -3.58. The summed E-state index contributed by atoms with van der Waals surface area (Å²) in [4.78, 5) is 25.7. The Bertz CT molecular complexity index is 1070. The number of nitrogens with zero attached hydrogens (tertiary/aromatic N) is 3. The minimum atomic E-state index is -0.223. The molecule has 0 spiro atoms. The first-order chi connectivity index (χ1) is 14.4. The topological polar surface area (TPSA) is 77.0 Å². The molecule has 30 heavy (non-hydrogen) atoms. The van der Waals surface area contributed by atoms with Crippen LogP contribution in [0.4, 0.5) is 11.4 Å². The van der Waals surface area contributed by atoms with Crippen LogP contribution in [0.3, 0.4) is 0 Å². The maximum atomic E-state index is 13.0. The van der Waals surface area contributed by atoms with Gasteiger partial charge in [-0.15, -0.1) is 0 Å². The standard InChI is InChI=1S/C22H20ClN5O2/c1-14(29)25-17-7-3-15(4-8-17)20-13-24-21-12-11-19(26-28(20)21)22(30)27(2)18-9-5-16(23)6-10-18/h3-13,21,24H,1-2H3,(H,25,29). The lowest BCUT2D eigenvalue weighted by Gasteiger charge is -2.27. The molecule has 152 valence electrons. The molecule has 2 aliphatic rings. The lowest BCUT2D eigenvalue weighted by Crippen LogP contribution is -2.39. The largest absolute Gasteiger partial charge is 0.365 e. The van der Waals surface area contributed by atoms with Crippen LogP contribution in [0.1, 0.15) is 12.5 Å². The molecule has 2 heterocycles. The smallest absolute Gasteiger partial charge is 0.278 e. The molecule has 0 fully saturated rings. The second-order valence-corrected chi connectivity index (χ2v) is 7.37. The van der Waals surface area contributed by atoms with Gasteiger partial charge in [-0.05, 0) is 48.6 Å². The molecular formula is C22H20ClN5O2. The van der Waals surface area contributed by atoms with Crippen LogP contribution in [-0.4, -0.2) is 35.7 Å². The molecule has 0 aliphatic carbocycles. The van der Waals surface area contributed by atoms with Crippen LogP contribution >= 0.6 is 11.6 Å². The average Bonchev–Trinajstić information content (AvgIpc) is 3.16. The van der Waals surface area contributed by atoms with Crippen molar-refractivity contribution in [3.8, 4) is 0 Å². The monoisotopic (exact) mass is 421 g/mol. The summed E-state index contributed by atoms with van der Waals surface area (Å²) >= 11 is 5.94. The number of hydrogen-bond acceptors (Lipinski definition) is 5. The summed E-state index contributed by atoms with van der Waals surface area (Å²) < 4.78 is 0. The molecule has 2 aromatic rings. The van der Waals surface area contributed by atoms with Gasteiger partial charge in [-0.3, -0.25) is 9.59 Å². The minimum Gasteiger partial charge on any atom is -0.365 e. The molecule has 0 bridgehead atoms. The Morgan fingerprint density at radius 3 is 2.50 bits per heavy atom. The molecule has 1 unspecified atom stereocenters. The van der Waals surface area contributed by atoms with Crippen LogP contribution in [-0.2, 0) is 9.59 Å². The lowest BCUT2D eigenvalue weighted by molar-refractivity contribution is -0.114. The third-order valence-electron chi connectivity index (χ3n) is 4.79. The molecule has 0 saturated carbocycles. The van der Waals surface area contributed by atoms with Crippen molar-refractivity contribution >= 4 is 46.2 Å². The quantitative estimate of drug-likeness (QED) is 0.793. The van der Waals surface area contributed by atoms with Crippen molar-refractivity contribution in [3.05, 3.63) is 77.5 Å². The summed E-state index contributed by atoms with van der Waals surface area (Å²) in [5, 5.41) is 13.0. The van der Waals surface area contributed by atoms with Crippen LogP contribution < -0.4 is 15.5 Å². The number of halogens is 1. The van der Waals surface area contributed by atoms with Gasteiger partial charge in [0.15, 0.2) is 0 Å². The summed E-state index contributed by atoms with van der Waals surface area (Å²) in [6.07, 6.45) is 5.32. The molecule has 2 N–H and O–H groups in total. The van der Waals surface area contributed by atoms with Gasteiger partial charge in [0.2, 0.25) is 5.91 Å². The summed E-state index contributed by atoms with van der Waals surface area (Å²) in [5.41, 5.74) is 3.52. The van der Waals surface area contributed by atoms with Crippen molar-refractivity contribution in [3.63, 3.8) is 0 Å². The first kappa shape index (κ1) is 19.7. The summed E-state index contributed by atoms with van der Waals surface area (Å²) in [7, 11) is 1.70. The Balaban J connectivity index is 1.55. The fourth-order valence-corrected chi connectivity index (χ4v) is 3.37.